The molecule has 5 heteroatoms. The molecule has 0 aliphatic carbocycles. The minimum atomic E-state index is -0.234. The molecular formula is C25H31N3O2. The van der Waals surface area contributed by atoms with Gasteiger partial charge in [-0.05, 0) is 42.2 Å². The number of nitrogens with zero attached hydrogens (tertiary/aromatic N) is 3. The zero-order valence-electron chi connectivity index (χ0n) is 17.8. The van der Waals surface area contributed by atoms with Gasteiger partial charge in [0, 0.05) is 51.5 Å². The number of amides is 1. The van der Waals surface area contributed by atoms with Crippen LogP contribution in [0.3, 0.4) is 0 Å². The highest BCUT2D eigenvalue weighted by Gasteiger charge is 2.23. The molecule has 1 saturated heterocycles. The van der Waals surface area contributed by atoms with Gasteiger partial charge in [-0.1, -0.05) is 48.6 Å². The molecule has 2 aliphatic heterocycles. The normalized spacial score (nSPS) is 16.8. The summed E-state index contributed by atoms with van der Waals surface area (Å²) in [6.07, 6.45) is 0.640. The van der Waals surface area contributed by atoms with E-state index in [-0.39, 0.29) is 6.09 Å². The number of ether oxygens (including phenoxy) is 1. The summed E-state index contributed by atoms with van der Waals surface area (Å²) >= 11 is 0. The summed E-state index contributed by atoms with van der Waals surface area (Å²) in [5.41, 5.74) is 6.11. The van der Waals surface area contributed by atoms with Crippen LogP contribution >= 0.6 is 0 Å². The zero-order chi connectivity index (χ0) is 20.9. The molecule has 158 valence electrons. The number of hydrogen-bond donors (Lipinski definition) is 0. The van der Waals surface area contributed by atoms with Crippen molar-refractivity contribution < 1.29 is 9.53 Å². The van der Waals surface area contributed by atoms with Crippen LogP contribution in [0.1, 0.15) is 23.6 Å². The van der Waals surface area contributed by atoms with E-state index in [1.807, 2.05) is 30.3 Å². The van der Waals surface area contributed by atoms with Crippen LogP contribution in [-0.2, 0) is 24.3 Å². The van der Waals surface area contributed by atoms with E-state index in [9.17, 15) is 4.79 Å². The van der Waals surface area contributed by atoms with Crippen molar-refractivity contribution in [3.8, 4) is 0 Å². The third-order valence-electron chi connectivity index (χ3n) is 5.90. The van der Waals surface area contributed by atoms with Gasteiger partial charge in [-0.15, -0.1) is 0 Å². The van der Waals surface area contributed by atoms with E-state index in [1.54, 1.807) is 4.90 Å². The quantitative estimate of drug-likeness (QED) is 0.703. The first kappa shape index (κ1) is 20.5. The Morgan fingerprint density at radius 1 is 1.00 bits per heavy atom. The fourth-order valence-electron chi connectivity index (χ4n) is 4.25. The van der Waals surface area contributed by atoms with Crippen molar-refractivity contribution in [3.63, 3.8) is 0 Å². The van der Waals surface area contributed by atoms with Gasteiger partial charge in [0.15, 0.2) is 0 Å². The van der Waals surface area contributed by atoms with Crippen molar-refractivity contribution in [2.45, 2.75) is 26.5 Å². The first-order valence-corrected chi connectivity index (χ1v) is 10.8. The molecule has 0 unspecified atom stereocenters. The van der Waals surface area contributed by atoms with Gasteiger partial charge in [-0.3, -0.25) is 4.90 Å². The molecule has 5 nitrogen and oxygen atoms in total. The van der Waals surface area contributed by atoms with Crippen molar-refractivity contribution in [1.82, 2.24) is 9.80 Å². The average molecular weight is 406 g/mol. The van der Waals surface area contributed by atoms with Gasteiger partial charge in [0.05, 0.1) is 0 Å². The van der Waals surface area contributed by atoms with Gasteiger partial charge in [0.1, 0.15) is 6.61 Å². The Morgan fingerprint density at radius 3 is 2.50 bits per heavy atom. The third kappa shape index (κ3) is 5.03. The first-order valence-electron chi connectivity index (χ1n) is 10.8. The van der Waals surface area contributed by atoms with Gasteiger partial charge >= 0.3 is 6.09 Å². The molecule has 4 rings (SSSR count). The van der Waals surface area contributed by atoms with E-state index >= 15 is 0 Å². The number of piperazine rings is 1. The second-order valence-electron chi connectivity index (χ2n) is 8.39. The summed E-state index contributed by atoms with van der Waals surface area (Å²) in [6.45, 7) is 13.0. The predicted octanol–water partition coefficient (Wildman–Crippen LogP) is 4.08. The summed E-state index contributed by atoms with van der Waals surface area (Å²) < 4.78 is 5.51. The number of carbonyl (C=O) groups is 1. The van der Waals surface area contributed by atoms with Crippen LogP contribution in [0.2, 0.25) is 0 Å². The Kier molecular flexibility index (Phi) is 6.38. The largest absolute Gasteiger partial charge is 0.445 e. The zero-order valence-corrected chi connectivity index (χ0v) is 17.8. The summed E-state index contributed by atoms with van der Waals surface area (Å²) in [6, 6.07) is 16.5. The van der Waals surface area contributed by atoms with E-state index < -0.39 is 0 Å². The minimum Gasteiger partial charge on any atom is -0.445 e. The second-order valence-corrected chi connectivity index (χ2v) is 8.39. The van der Waals surface area contributed by atoms with Crippen molar-refractivity contribution in [2.24, 2.45) is 0 Å². The number of fused-ring (bicyclic) bond motifs is 1. The van der Waals surface area contributed by atoms with Gasteiger partial charge < -0.3 is 14.5 Å². The highest BCUT2D eigenvalue weighted by Crippen LogP contribution is 2.26. The summed E-state index contributed by atoms with van der Waals surface area (Å²) in [4.78, 5) is 19.2. The summed E-state index contributed by atoms with van der Waals surface area (Å²) in [5.74, 6) is 0. The van der Waals surface area contributed by atoms with E-state index in [2.05, 4.69) is 41.5 Å². The minimum absolute atomic E-state index is 0.234. The van der Waals surface area contributed by atoms with Crippen molar-refractivity contribution in [3.05, 3.63) is 77.4 Å². The van der Waals surface area contributed by atoms with E-state index in [0.717, 1.165) is 44.7 Å². The van der Waals surface area contributed by atoms with Crippen molar-refractivity contribution >= 4 is 11.8 Å². The Bertz CT molecular complexity index is 889. The highest BCUT2D eigenvalue weighted by atomic mass is 16.6. The Hall–Kier alpha value is -2.79. The maximum absolute atomic E-state index is 12.5. The molecule has 0 radical (unpaired) electrons. The monoisotopic (exact) mass is 405 g/mol. The van der Waals surface area contributed by atoms with Crippen LogP contribution < -0.4 is 4.90 Å². The molecule has 0 spiro atoms. The molecule has 2 heterocycles. The van der Waals surface area contributed by atoms with Crippen LogP contribution in [0.15, 0.2) is 60.7 Å². The number of carbonyl (C=O) groups excluding carboxylic acids is 1. The van der Waals surface area contributed by atoms with E-state index in [0.29, 0.717) is 19.7 Å². The number of benzene rings is 2. The van der Waals surface area contributed by atoms with Gasteiger partial charge in [0.25, 0.3) is 0 Å². The second kappa shape index (κ2) is 9.35. The standard InChI is InChI=1S/C25H31N3O2/c1-20(2)17-26-12-14-27(15-13-26)24-9-8-23-18-28(11-10-22(23)16-24)25(29)30-19-21-6-4-3-5-7-21/h3-9,16H,1,10-15,17-19H2,2H3. The number of anilines is 1. The lowest BCUT2D eigenvalue weighted by atomic mass is 9.99. The van der Waals surface area contributed by atoms with Crippen LogP contribution in [0.4, 0.5) is 10.5 Å². The number of hydrogen-bond acceptors (Lipinski definition) is 4. The summed E-state index contributed by atoms with van der Waals surface area (Å²) in [7, 11) is 0. The Morgan fingerprint density at radius 2 is 1.77 bits per heavy atom. The molecule has 2 aliphatic rings. The molecule has 2 aromatic rings. The molecule has 30 heavy (non-hydrogen) atoms. The fourth-order valence-corrected chi connectivity index (χ4v) is 4.25. The van der Waals surface area contributed by atoms with Crippen molar-refractivity contribution in [2.75, 3.05) is 44.2 Å². The average Bonchev–Trinajstić information content (AvgIpc) is 2.77. The molecule has 0 aromatic heterocycles. The topological polar surface area (TPSA) is 36.0 Å². The summed E-state index contributed by atoms with van der Waals surface area (Å²) in [5, 5.41) is 0. The molecule has 1 amide bonds. The van der Waals surface area contributed by atoms with E-state index in [4.69, 9.17) is 4.74 Å². The Labute approximate surface area is 179 Å². The molecule has 0 saturated carbocycles. The van der Waals surface area contributed by atoms with Gasteiger partial charge in [-0.2, -0.15) is 0 Å². The van der Waals surface area contributed by atoms with E-state index in [1.165, 1.54) is 22.4 Å². The lowest BCUT2D eigenvalue weighted by Gasteiger charge is -2.37. The maximum Gasteiger partial charge on any atom is 0.410 e. The molecule has 2 aromatic carbocycles. The van der Waals surface area contributed by atoms with Crippen molar-refractivity contribution in [1.29, 1.82) is 0 Å². The molecule has 0 bridgehead atoms. The smallest absolute Gasteiger partial charge is 0.410 e. The van der Waals surface area contributed by atoms with Crippen LogP contribution in [0.25, 0.3) is 0 Å². The maximum atomic E-state index is 12.5. The lowest BCUT2D eigenvalue weighted by molar-refractivity contribution is 0.0918. The fraction of sp³-hybridized carbons (Fsp3) is 0.400. The Balaban J connectivity index is 1.32. The predicted molar refractivity (Wildman–Crippen MR) is 121 cm³/mol. The van der Waals surface area contributed by atoms with Gasteiger partial charge in [0.2, 0.25) is 0 Å². The SMILES string of the molecule is C=C(C)CN1CCN(c2ccc3c(c2)CCN(C(=O)OCc2ccccc2)C3)CC1. The molecular weight excluding hydrogens is 374 g/mol. The third-order valence-corrected chi connectivity index (χ3v) is 5.90. The van der Waals surface area contributed by atoms with Crippen LogP contribution in [0, 0.1) is 0 Å². The molecule has 1 fully saturated rings. The number of rotatable bonds is 5. The first-order chi connectivity index (χ1) is 14.6. The highest BCUT2D eigenvalue weighted by molar-refractivity contribution is 5.68. The van der Waals surface area contributed by atoms with Gasteiger partial charge in [-0.25, -0.2) is 4.79 Å². The lowest BCUT2D eigenvalue weighted by Crippen LogP contribution is -2.46. The molecule has 0 N–H and O–H groups in total. The van der Waals surface area contributed by atoms with Crippen LogP contribution in [-0.4, -0.2) is 55.2 Å². The van der Waals surface area contributed by atoms with Crippen LogP contribution in [0.5, 0.6) is 0 Å². The molecule has 0 atom stereocenters.